The Bertz CT molecular complexity index is 620. The summed E-state index contributed by atoms with van der Waals surface area (Å²) in [6, 6.07) is 3.46. The molecule has 0 radical (unpaired) electrons. The highest BCUT2D eigenvalue weighted by Gasteiger charge is 2.54. The fourth-order valence-corrected chi connectivity index (χ4v) is 2.76. The van der Waals surface area contributed by atoms with E-state index in [1.807, 2.05) is 13.8 Å². The molecule has 23 heavy (non-hydrogen) atoms. The number of benzene rings is 1. The van der Waals surface area contributed by atoms with Crippen LogP contribution in [0.15, 0.2) is 18.2 Å². The van der Waals surface area contributed by atoms with E-state index in [9.17, 15) is 18.4 Å². The fraction of sp³-hybridized carbons (Fsp3) is 0.529. The molecule has 1 fully saturated rings. The molecular weight excluding hydrogens is 304 g/mol. The molecule has 1 N–H and O–H groups in total. The van der Waals surface area contributed by atoms with E-state index in [0.717, 1.165) is 25.0 Å². The molecule has 1 aliphatic rings. The minimum Gasteiger partial charge on any atom is -0.481 e. The van der Waals surface area contributed by atoms with Gasteiger partial charge in [0.15, 0.2) is 11.6 Å². The van der Waals surface area contributed by atoms with E-state index in [1.54, 1.807) is 0 Å². The summed E-state index contributed by atoms with van der Waals surface area (Å²) < 4.78 is 26.3. The molecule has 4 nitrogen and oxygen atoms in total. The lowest BCUT2D eigenvalue weighted by molar-refractivity contribution is -0.139. The number of amides is 1. The Hall–Kier alpha value is -1.98. The van der Waals surface area contributed by atoms with Gasteiger partial charge >= 0.3 is 5.97 Å². The maximum atomic E-state index is 13.3. The van der Waals surface area contributed by atoms with Crippen molar-refractivity contribution in [2.75, 3.05) is 6.54 Å². The molecule has 1 aromatic carbocycles. The summed E-state index contributed by atoms with van der Waals surface area (Å²) >= 11 is 0. The van der Waals surface area contributed by atoms with Gasteiger partial charge in [-0.1, -0.05) is 19.9 Å². The number of carboxylic acid groups (broad SMARTS) is 1. The SMILES string of the molecule is CCC1(C)CC1C(=O)N(CCC(=O)O)Cc1ccc(F)c(F)c1. The lowest BCUT2D eigenvalue weighted by Crippen LogP contribution is -2.35. The van der Waals surface area contributed by atoms with Crippen LogP contribution >= 0.6 is 0 Å². The van der Waals surface area contributed by atoms with Gasteiger partial charge in [0.05, 0.1) is 6.42 Å². The van der Waals surface area contributed by atoms with E-state index >= 15 is 0 Å². The normalized spacial score (nSPS) is 22.7. The summed E-state index contributed by atoms with van der Waals surface area (Å²) in [6.45, 7) is 4.19. The Morgan fingerprint density at radius 1 is 1.35 bits per heavy atom. The molecule has 2 atom stereocenters. The van der Waals surface area contributed by atoms with Gasteiger partial charge in [0.2, 0.25) is 5.91 Å². The smallest absolute Gasteiger partial charge is 0.305 e. The minimum atomic E-state index is -0.998. The lowest BCUT2D eigenvalue weighted by Gasteiger charge is -2.23. The topological polar surface area (TPSA) is 57.6 Å². The quantitative estimate of drug-likeness (QED) is 0.837. The highest BCUT2D eigenvalue weighted by molar-refractivity contribution is 5.83. The van der Waals surface area contributed by atoms with Gasteiger partial charge in [-0.05, 0) is 36.0 Å². The fourth-order valence-electron chi connectivity index (χ4n) is 2.76. The second-order valence-electron chi connectivity index (χ2n) is 6.42. The van der Waals surface area contributed by atoms with Crippen LogP contribution in [0.5, 0.6) is 0 Å². The Morgan fingerprint density at radius 2 is 2.04 bits per heavy atom. The first-order valence-corrected chi connectivity index (χ1v) is 7.71. The van der Waals surface area contributed by atoms with Crippen LogP contribution in [0.2, 0.25) is 0 Å². The van der Waals surface area contributed by atoms with Crippen LogP contribution in [-0.4, -0.2) is 28.4 Å². The van der Waals surface area contributed by atoms with Crippen LogP contribution in [-0.2, 0) is 16.1 Å². The number of nitrogens with zero attached hydrogens (tertiary/aromatic N) is 1. The maximum absolute atomic E-state index is 13.3. The van der Waals surface area contributed by atoms with Crippen molar-refractivity contribution in [1.82, 2.24) is 4.90 Å². The van der Waals surface area contributed by atoms with Crippen LogP contribution in [0.25, 0.3) is 0 Å². The van der Waals surface area contributed by atoms with Gasteiger partial charge in [-0.15, -0.1) is 0 Å². The molecule has 1 aliphatic carbocycles. The molecule has 1 aromatic rings. The van der Waals surface area contributed by atoms with Crippen molar-refractivity contribution in [3.05, 3.63) is 35.4 Å². The van der Waals surface area contributed by atoms with E-state index in [1.165, 1.54) is 11.0 Å². The third-order valence-electron chi connectivity index (χ3n) is 4.72. The van der Waals surface area contributed by atoms with Crippen molar-refractivity contribution in [3.63, 3.8) is 0 Å². The van der Waals surface area contributed by atoms with E-state index in [0.29, 0.717) is 5.56 Å². The predicted molar refractivity (Wildman–Crippen MR) is 80.5 cm³/mol. The van der Waals surface area contributed by atoms with Crippen molar-refractivity contribution in [2.45, 2.75) is 39.7 Å². The van der Waals surface area contributed by atoms with E-state index in [-0.39, 0.29) is 36.8 Å². The molecule has 1 saturated carbocycles. The largest absolute Gasteiger partial charge is 0.481 e. The summed E-state index contributed by atoms with van der Waals surface area (Å²) in [6.07, 6.45) is 1.48. The van der Waals surface area contributed by atoms with Crippen LogP contribution < -0.4 is 0 Å². The Kier molecular flexibility index (Phi) is 5.02. The van der Waals surface area contributed by atoms with Crippen LogP contribution in [0.3, 0.4) is 0 Å². The highest BCUT2D eigenvalue weighted by atomic mass is 19.2. The molecule has 0 heterocycles. The molecule has 0 saturated heterocycles. The summed E-state index contributed by atoms with van der Waals surface area (Å²) in [5, 5.41) is 8.85. The molecule has 0 aromatic heterocycles. The third kappa shape index (κ3) is 4.06. The minimum absolute atomic E-state index is 0.0351. The number of carboxylic acids is 1. The van der Waals surface area contributed by atoms with E-state index < -0.39 is 17.6 Å². The number of carbonyl (C=O) groups is 2. The third-order valence-corrected chi connectivity index (χ3v) is 4.72. The molecule has 0 spiro atoms. The number of hydrogen-bond acceptors (Lipinski definition) is 2. The van der Waals surface area contributed by atoms with Gasteiger partial charge in [-0.25, -0.2) is 8.78 Å². The predicted octanol–water partition coefficient (Wildman–Crippen LogP) is 3.20. The molecule has 126 valence electrons. The molecule has 1 amide bonds. The highest BCUT2D eigenvalue weighted by Crippen LogP contribution is 2.55. The van der Waals surface area contributed by atoms with Crippen molar-refractivity contribution in [1.29, 1.82) is 0 Å². The number of hydrogen-bond donors (Lipinski definition) is 1. The van der Waals surface area contributed by atoms with Crippen molar-refractivity contribution < 1.29 is 23.5 Å². The average molecular weight is 325 g/mol. The van der Waals surface area contributed by atoms with Crippen LogP contribution in [0.4, 0.5) is 8.78 Å². The standard InChI is InChI=1S/C17H21F2NO3/c1-3-17(2)9-12(17)16(23)20(7-6-15(21)22)10-11-4-5-13(18)14(19)8-11/h4-5,8,12H,3,6-7,9-10H2,1-2H3,(H,21,22). The van der Waals surface area contributed by atoms with Crippen molar-refractivity contribution >= 4 is 11.9 Å². The second kappa shape index (κ2) is 6.64. The summed E-state index contributed by atoms with van der Waals surface area (Å²) in [5.41, 5.74) is 0.411. The number of carbonyl (C=O) groups excluding carboxylic acids is 1. The first kappa shape index (κ1) is 17.4. The summed E-state index contributed by atoms with van der Waals surface area (Å²) in [4.78, 5) is 24.8. The van der Waals surface area contributed by atoms with Crippen LogP contribution in [0.1, 0.15) is 38.7 Å². The second-order valence-corrected chi connectivity index (χ2v) is 6.42. The van der Waals surface area contributed by atoms with Gasteiger partial charge in [0.1, 0.15) is 0 Å². The number of aliphatic carboxylic acids is 1. The first-order valence-electron chi connectivity index (χ1n) is 7.71. The summed E-state index contributed by atoms with van der Waals surface area (Å²) in [7, 11) is 0. The van der Waals surface area contributed by atoms with Crippen molar-refractivity contribution in [2.24, 2.45) is 11.3 Å². The molecular formula is C17H21F2NO3. The van der Waals surface area contributed by atoms with Gasteiger partial charge in [-0.3, -0.25) is 9.59 Å². The average Bonchev–Trinajstić information content (AvgIpc) is 3.19. The first-order chi connectivity index (χ1) is 10.8. The Labute approximate surface area is 134 Å². The summed E-state index contributed by atoms with van der Waals surface area (Å²) in [5.74, 6) is -3.15. The Morgan fingerprint density at radius 3 is 2.57 bits per heavy atom. The number of rotatable bonds is 7. The molecule has 0 aliphatic heterocycles. The van der Waals surface area contributed by atoms with Gasteiger partial charge in [0, 0.05) is 19.0 Å². The number of halogens is 2. The van der Waals surface area contributed by atoms with E-state index in [2.05, 4.69) is 0 Å². The van der Waals surface area contributed by atoms with Gasteiger partial charge < -0.3 is 10.0 Å². The molecule has 0 bridgehead atoms. The maximum Gasteiger partial charge on any atom is 0.305 e. The monoisotopic (exact) mass is 325 g/mol. The molecule has 6 heteroatoms. The van der Waals surface area contributed by atoms with Crippen LogP contribution in [0, 0.1) is 23.0 Å². The molecule has 2 unspecified atom stereocenters. The Balaban J connectivity index is 2.12. The zero-order valence-corrected chi connectivity index (χ0v) is 13.3. The van der Waals surface area contributed by atoms with Gasteiger partial charge in [0.25, 0.3) is 0 Å². The lowest BCUT2D eigenvalue weighted by atomic mass is 10.0. The van der Waals surface area contributed by atoms with Gasteiger partial charge in [-0.2, -0.15) is 0 Å². The zero-order chi connectivity index (χ0) is 17.2. The van der Waals surface area contributed by atoms with Crippen molar-refractivity contribution in [3.8, 4) is 0 Å². The van der Waals surface area contributed by atoms with E-state index in [4.69, 9.17) is 5.11 Å². The molecule has 2 rings (SSSR count). The zero-order valence-electron chi connectivity index (χ0n) is 13.3.